The largest absolute Gasteiger partial charge is 0.459 e. The van der Waals surface area contributed by atoms with Gasteiger partial charge < -0.3 is 9.32 Å². The van der Waals surface area contributed by atoms with Crippen LogP contribution in [0.3, 0.4) is 0 Å². The van der Waals surface area contributed by atoms with Crippen LogP contribution in [0, 0.1) is 0 Å². The maximum atomic E-state index is 12.6. The molecule has 2 aromatic rings. The third kappa shape index (κ3) is 1.99. The average Bonchev–Trinajstić information content (AvgIpc) is 3.19. The van der Waals surface area contributed by atoms with Crippen molar-refractivity contribution >= 4 is 5.91 Å². The summed E-state index contributed by atoms with van der Waals surface area (Å²) >= 11 is 0. The summed E-state index contributed by atoms with van der Waals surface area (Å²) < 4.78 is 7.25. The monoisotopic (exact) mass is 285 g/mol. The number of fused-ring (bicyclic) bond motifs is 2. The number of rotatable bonds is 2. The fourth-order valence-corrected chi connectivity index (χ4v) is 4.06. The van der Waals surface area contributed by atoms with E-state index in [1.165, 1.54) is 5.69 Å². The highest BCUT2D eigenvalue weighted by Gasteiger charge is 2.44. The SMILES string of the molecule is Cn1nccc1C1C[C@H]2CC[C@@H](C1)N2C(=O)c1ccco1. The second kappa shape index (κ2) is 4.76. The van der Waals surface area contributed by atoms with Crippen molar-refractivity contribution in [3.8, 4) is 0 Å². The lowest BCUT2D eigenvalue weighted by Gasteiger charge is -2.38. The number of carbonyl (C=O) groups excluding carboxylic acids is 1. The molecule has 2 bridgehead atoms. The number of amides is 1. The van der Waals surface area contributed by atoms with Gasteiger partial charge in [-0.3, -0.25) is 9.48 Å². The third-order valence-electron chi connectivity index (χ3n) is 4.98. The highest BCUT2D eigenvalue weighted by Crippen LogP contribution is 2.43. The summed E-state index contributed by atoms with van der Waals surface area (Å²) in [4.78, 5) is 14.7. The lowest BCUT2D eigenvalue weighted by molar-refractivity contribution is 0.0536. The Labute approximate surface area is 123 Å². The molecule has 5 heteroatoms. The maximum Gasteiger partial charge on any atom is 0.290 e. The van der Waals surface area contributed by atoms with Crippen molar-refractivity contribution in [2.75, 3.05) is 0 Å². The number of hydrogen-bond acceptors (Lipinski definition) is 3. The van der Waals surface area contributed by atoms with Crippen LogP contribution in [-0.4, -0.2) is 32.7 Å². The number of nitrogens with zero attached hydrogens (tertiary/aromatic N) is 3. The predicted molar refractivity (Wildman–Crippen MR) is 76.9 cm³/mol. The molecule has 1 unspecified atom stereocenters. The van der Waals surface area contributed by atoms with Crippen LogP contribution in [0.5, 0.6) is 0 Å². The Morgan fingerprint density at radius 3 is 2.62 bits per heavy atom. The van der Waals surface area contributed by atoms with Crippen LogP contribution in [-0.2, 0) is 7.05 Å². The van der Waals surface area contributed by atoms with Gasteiger partial charge in [-0.25, -0.2) is 0 Å². The van der Waals surface area contributed by atoms with Crippen LogP contribution in [0.4, 0.5) is 0 Å². The zero-order valence-electron chi connectivity index (χ0n) is 12.1. The Hall–Kier alpha value is -2.04. The Morgan fingerprint density at radius 2 is 2.05 bits per heavy atom. The zero-order valence-corrected chi connectivity index (χ0v) is 12.1. The standard InChI is InChI=1S/C16H19N3O2/c1-18-14(6-7-17-18)11-9-12-4-5-13(10-11)19(12)16(20)15-3-2-8-21-15/h2-3,6-8,11-13H,4-5,9-10H2,1H3/t11?,12-,13+. The van der Waals surface area contributed by atoms with Crippen molar-refractivity contribution in [1.29, 1.82) is 0 Å². The van der Waals surface area contributed by atoms with Gasteiger partial charge in [0.05, 0.1) is 6.26 Å². The van der Waals surface area contributed by atoms with Crippen LogP contribution >= 0.6 is 0 Å². The van der Waals surface area contributed by atoms with Crippen LogP contribution in [0.25, 0.3) is 0 Å². The first-order chi connectivity index (χ1) is 10.2. The molecule has 0 aromatic carbocycles. The molecule has 2 saturated heterocycles. The molecular weight excluding hydrogens is 266 g/mol. The number of furan rings is 1. The van der Waals surface area contributed by atoms with Crippen molar-refractivity contribution in [3.05, 3.63) is 42.1 Å². The van der Waals surface area contributed by atoms with Gasteiger partial charge in [0.1, 0.15) is 0 Å². The van der Waals surface area contributed by atoms with E-state index in [4.69, 9.17) is 4.42 Å². The van der Waals surface area contributed by atoms with Crippen LogP contribution < -0.4 is 0 Å². The molecule has 2 aromatic heterocycles. The number of aryl methyl sites for hydroxylation is 1. The van der Waals surface area contributed by atoms with E-state index in [1.54, 1.807) is 18.4 Å². The number of hydrogen-bond donors (Lipinski definition) is 0. The molecule has 2 aliphatic heterocycles. The van der Waals surface area contributed by atoms with E-state index in [1.807, 2.05) is 17.9 Å². The Bertz CT molecular complexity index is 632. The summed E-state index contributed by atoms with van der Waals surface area (Å²) in [6.45, 7) is 0. The number of aromatic nitrogens is 2. The van der Waals surface area contributed by atoms with Crippen molar-refractivity contribution in [1.82, 2.24) is 14.7 Å². The van der Waals surface area contributed by atoms with Crippen LogP contribution in [0.15, 0.2) is 35.1 Å². The fourth-order valence-electron chi connectivity index (χ4n) is 4.06. The van der Waals surface area contributed by atoms with E-state index >= 15 is 0 Å². The fraction of sp³-hybridized carbons (Fsp3) is 0.500. The molecule has 2 fully saturated rings. The van der Waals surface area contributed by atoms with Crippen molar-refractivity contribution in [2.45, 2.75) is 43.7 Å². The van der Waals surface area contributed by atoms with Crippen molar-refractivity contribution in [2.24, 2.45) is 7.05 Å². The smallest absolute Gasteiger partial charge is 0.290 e. The van der Waals surface area contributed by atoms with Gasteiger partial charge in [-0.1, -0.05) is 0 Å². The van der Waals surface area contributed by atoms with Gasteiger partial charge in [-0.2, -0.15) is 5.10 Å². The lowest BCUT2D eigenvalue weighted by Crippen LogP contribution is -2.46. The van der Waals surface area contributed by atoms with E-state index < -0.39 is 0 Å². The van der Waals surface area contributed by atoms with Crippen molar-refractivity contribution in [3.63, 3.8) is 0 Å². The first kappa shape index (κ1) is 12.7. The average molecular weight is 285 g/mol. The minimum absolute atomic E-state index is 0.0518. The molecule has 3 atom stereocenters. The Kier molecular flexibility index (Phi) is 2.87. The minimum Gasteiger partial charge on any atom is -0.459 e. The quantitative estimate of drug-likeness (QED) is 0.852. The highest BCUT2D eigenvalue weighted by molar-refractivity contribution is 5.92. The summed E-state index contributed by atoms with van der Waals surface area (Å²) in [5.74, 6) is 1.03. The maximum absolute atomic E-state index is 12.6. The second-order valence-corrected chi connectivity index (χ2v) is 6.12. The summed E-state index contributed by atoms with van der Waals surface area (Å²) in [5.41, 5.74) is 1.29. The Balaban J connectivity index is 1.57. The van der Waals surface area contributed by atoms with Gasteiger partial charge in [0.25, 0.3) is 5.91 Å². The molecule has 4 heterocycles. The molecule has 4 rings (SSSR count). The minimum atomic E-state index is 0.0518. The number of piperidine rings is 1. The van der Waals surface area contributed by atoms with E-state index in [0.29, 0.717) is 23.8 Å². The summed E-state index contributed by atoms with van der Waals surface area (Å²) in [7, 11) is 2.00. The van der Waals surface area contributed by atoms with Gasteiger partial charge >= 0.3 is 0 Å². The molecule has 0 radical (unpaired) electrons. The first-order valence-electron chi connectivity index (χ1n) is 7.58. The van der Waals surface area contributed by atoms with E-state index in [2.05, 4.69) is 16.1 Å². The number of carbonyl (C=O) groups is 1. The molecule has 21 heavy (non-hydrogen) atoms. The molecule has 0 N–H and O–H groups in total. The molecule has 0 saturated carbocycles. The Morgan fingerprint density at radius 1 is 1.29 bits per heavy atom. The van der Waals surface area contributed by atoms with Crippen molar-refractivity contribution < 1.29 is 9.21 Å². The molecule has 1 amide bonds. The van der Waals surface area contributed by atoms with Crippen LogP contribution in [0.1, 0.15) is 47.8 Å². The van der Waals surface area contributed by atoms with Gasteiger partial charge in [-0.05, 0) is 43.9 Å². The third-order valence-corrected chi connectivity index (χ3v) is 4.98. The molecule has 2 aliphatic rings. The van der Waals surface area contributed by atoms with E-state index in [0.717, 1.165) is 25.7 Å². The predicted octanol–water partition coefficient (Wildman–Crippen LogP) is 2.56. The molecule has 0 aliphatic carbocycles. The molecule has 0 spiro atoms. The zero-order chi connectivity index (χ0) is 14.4. The summed E-state index contributed by atoms with van der Waals surface area (Å²) in [6.07, 6.45) is 7.69. The molecular formula is C16H19N3O2. The normalized spacial score (nSPS) is 28.0. The lowest BCUT2D eigenvalue weighted by atomic mass is 9.88. The van der Waals surface area contributed by atoms with E-state index in [-0.39, 0.29) is 5.91 Å². The van der Waals surface area contributed by atoms with Gasteiger partial charge in [0, 0.05) is 36.9 Å². The highest BCUT2D eigenvalue weighted by atomic mass is 16.3. The van der Waals surface area contributed by atoms with E-state index in [9.17, 15) is 4.79 Å². The first-order valence-corrected chi connectivity index (χ1v) is 7.58. The molecule has 110 valence electrons. The van der Waals surface area contributed by atoms with Gasteiger partial charge in [0.15, 0.2) is 5.76 Å². The summed E-state index contributed by atoms with van der Waals surface area (Å²) in [6, 6.07) is 6.31. The van der Waals surface area contributed by atoms with Crippen LogP contribution in [0.2, 0.25) is 0 Å². The topological polar surface area (TPSA) is 51.3 Å². The second-order valence-electron chi connectivity index (χ2n) is 6.12. The summed E-state index contributed by atoms with van der Waals surface area (Å²) in [5, 5.41) is 4.28. The van der Waals surface area contributed by atoms with Gasteiger partial charge in [0.2, 0.25) is 0 Å². The molecule has 5 nitrogen and oxygen atoms in total. The van der Waals surface area contributed by atoms with Gasteiger partial charge in [-0.15, -0.1) is 0 Å².